The molecule has 3 aromatic heterocycles. The molecule has 4 aromatic rings. The van der Waals surface area contributed by atoms with Gasteiger partial charge in [0.25, 0.3) is 0 Å². The number of aromatic nitrogens is 5. The smallest absolute Gasteiger partial charge is 0.352 e. The van der Waals surface area contributed by atoms with Gasteiger partial charge < -0.3 is 9.47 Å². The Morgan fingerprint density at radius 1 is 1.09 bits per heavy atom. The van der Waals surface area contributed by atoms with Gasteiger partial charge in [-0.25, -0.2) is 19.2 Å². The number of pyridine rings is 1. The first kappa shape index (κ1) is 21.5. The Morgan fingerprint density at radius 2 is 1.88 bits per heavy atom. The summed E-state index contributed by atoms with van der Waals surface area (Å²) in [5.74, 6) is -0.337. The summed E-state index contributed by atoms with van der Waals surface area (Å²) in [5.41, 5.74) is 2.31. The molecule has 9 nitrogen and oxygen atoms in total. The van der Waals surface area contributed by atoms with Crippen molar-refractivity contribution in [2.24, 2.45) is 0 Å². The van der Waals surface area contributed by atoms with Crippen LogP contribution in [0.1, 0.15) is 25.0 Å². The minimum atomic E-state index is -0.459. The summed E-state index contributed by atoms with van der Waals surface area (Å²) in [6.45, 7) is 6.74. The molecule has 10 heteroatoms. The molecule has 0 saturated carbocycles. The second kappa shape index (κ2) is 8.53. The van der Waals surface area contributed by atoms with Gasteiger partial charge in [0, 0.05) is 25.8 Å². The molecule has 0 unspecified atom stereocenters. The van der Waals surface area contributed by atoms with E-state index in [-0.39, 0.29) is 30.2 Å². The Bertz CT molecular complexity index is 1370. The number of nitrogens with zero attached hydrogens (tertiary/aromatic N) is 6. The molecule has 1 aliphatic rings. The molecule has 1 aromatic carbocycles. The van der Waals surface area contributed by atoms with Crippen LogP contribution in [0.5, 0.6) is 5.75 Å². The Balaban J connectivity index is 1.57. The van der Waals surface area contributed by atoms with Crippen LogP contribution in [-0.2, 0) is 17.8 Å². The van der Waals surface area contributed by atoms with Crippen LogP contribution in [0.15, 0.2) is 41.6 Å². The summed E-state index contributed by atoms with van der Waals surface area (Å²) >= 11 is 0. The molecule has 0 amide bonds. The standard InChI is InChI=1S/C23H25FN6O3/c1-14-9-28(10-15(2)33-14)11-17-6-18-21(25-8-17)29(23(31)30-22(18)26-13-27-30)12-16-4-5-19(24)20(7-16)32-3/h4-8,13-15H,9-12H2,1-3H3/t14-,15+. The monoisotopic (exact) mass is 452 g/mol. The first-order valence-corrected chi connectivity index (χ1v) is 10.8. The summed E-state index contributed by atoms with van der Waals surface area (Å²) in [6, 6.07) is 6.54. The molecule has 0 spiro atoms. The Morgan fingerprint density at radius 3 is 2.64 bits per heavy atom. The van der Waals surface area contributed by atoms with Crippen molar-refractivity contribution in [1.29, 1.82) is 0 Å². The largest absolute Gasteiger partial charge is 0.494 e. The predicted molar refractivity (Wildman–Crippen MR) is 120 cm³/mol. The number of fused-ring (bicyclic) bond motifs is 3. The highest BCUT2D eigenvalue weighted by Gasteiger charge is 2.23. The minimum Gasteiger partial charge on any atom is -0.494 e. The van der Waals surface area contributed by atoms with Gasteiger partial charge in [0.2, 0.25) is 0 Å². The van der Waals surface area contributed by atoms with Gasteiger partial charge in [0.15, 0.2) is 17.2 Å². The van der Waals surface area contributed by atoms with Gasteiger partial charge in [-0.3, -0.25) is 9.47 Å². The van der Waals surface area contributed by atoms with Crippen LogP contribution in [0.4, 0.5) is 4.39 Å². The topological polar surface area (TPSA) is 86.8 Å². The molecule has 0 bridgehead atoms. The summed E-state index contributed by atoms with van der Waals surface area (Å²) < 4.78 is 27.6. The van der Waals surface area contributed by atoms with E-state index in [9.17, 15) is 9.18 Å². The maximum absolute atomic E-state index is 13.9. The van der Waals surface area contributed by atoms with E-state index in [1.165, 1.54) is 28.6 Å². The van der Waals surface area contributed by atoms with E-state index in [0.29, 0.717) is 16.9 Å². The number of rotatable bonds is 5. The number of halogens is 1. The summed E-state index contributed by atoms with van der Waals surface area (Å²) in [6.07, 6.45) is 3.49. The van der Waals surface area contributed by atoms with Crippen LogP contribution < -0.4 is 10.4 Å². The first-order valence-electron chi connectivity index (χ1n) is 10.8. The average Bonchev–Trinajstić information content (AvgIpc) is 3.27. The fourth-order valence-electron chi connectivity index (χ4n) is 4.54. The summed E-state index contributed by atoms with van der Waals surface area (Å²) in [7, 11) is 1.41. The zero-order valence-corrected chi connectivity index (χ0v) is 18.7. The van der Waals surface area contributed by atoms with Crippen LogP contribution in [0, 0.1) is 5.82 Å². The molecule has 172 valence electrons. The van der Waals surface area contributed by atoms with Crippen LogP contribution in [0.3, 0.4) is 0 Å². The molecule has 33 heavy (non-hydrogen) atoms. The van der Waals surface area contributed by atoms with Crippen molar-refractivity contribution < 1.29 is 13.9 Å². The quantitative estimate of drug-likeness (QED) is 0.459. The first-order chi connectivity index (χ1) is 15.9. The number of benzene rings is 1. The number of ether oxygens (including phenoxy) is 2. The van der Waals surface area contributed by atoms with Crippen molar-refractivity contribution in [1.82, 2.24) is 29.0 Å². The van der Waals surface area contributed by atoms with E-state index < -0.39 is 5.82 Å². The van der Waals surface area contributed by atoms with Crippen LogP contribution in [0.2, 0.25) is 0 Å². The van der Waals surface area contributed by atoms with Gasteiger partial charge in [0.05, 0.1) is 31.2 Å². The van der Waals surface area contributed by atoms with Gasteiger partial charge in [-0.05, 0) is 43.2 Å². The molecule has 4 heterocycles. The Kier molecular flexibility index (Phi) is 5.55. The van der Waals surface area contributed by atoms with Crippen molar-refractivity contribution in [3.63, 3.8) is 0 Å². The number of morpholine rings is 1. The Hall–Kier alpha value is -3.37. The van der Waals surface area contributed by atoms with Gasteiger partial charge in [0.1, 0.15) is 12.0 Å². The van der Waals surface area contributed by atoms with E-state index in [1.54, 1.807) is 18.3 Å². The molecule has 2 atom stereocenters. The molecule has 1 saturated heterocycles. The van der Waals surface area contributed by atoms with E-state index >= 15 is 0 Å². The normalized spacial score (nSPS) is 19.4. The zero-order valence-electron chi connectivity index (χ0n) is 18.7. The third kappa shape index (κ3) is 4.07. The molecular formula is C23H25FN6O3. The maximum Gasteiger partial charge on any atom is 0.352 e. The van der Waals surface area contributed by atoms with E-state index in [4.69, 9.17) is 9.47 Å². The molecule has 0 N–H and O–H groups in total. The van der Waals surface area contributed by atoms with Crippen molar-refractivity contribution in [3.05, 3.63) is 64.2 Å². The lowest BCUT2D eigenvalue weighted by molar-refractivity contribution is -0.0705. The molecule has 1 fully saturated rings. The van der Waals surface area contributed by atoms with Crippen molar-refractivity contribution in [2.75, 3.05) is 20.2 Å². The Labute approximate surface area is 189 Å². The number of methoxy groups -OCH3 is 1. The molecule has 0 radical (unpaired) electrons. The lowest BCUT2D eigenvalue weighted by Crippen LogP contribution is -2.44. The second-order valence-electron chi connectivity index (χ2n) is 8.50. The van der Waals surface area contributed by atoms with Crippen molar-refractivity contribution in [3.8, 4) is 5.75 Å². The lowest BCUT2D eigenvalue weighted by atomic mass is 10.1. The van der Waals surface area contributed by atoms with Crippen LogP contribution >= 0.6 is 0 Å². The highest BCUT2D eigenvalue weighted by Crippen LogP contribution is 2.22. The fraction of sp³-hybridized carbons (Fsp3) is 0.391. The highest BCUT2D eigenvalue weighted by molar-refractivity contribution is 5.89. The third-order valence-corrected chi connectivity index (χ3v) is 5.84. The molecule has 0 aliphatic carbocycles. The highest BCUT2D eigenvalue weighted by atomic mass is 19.1. The van der Waals surface area contributed by atoms with E-state index in [0.717, 1.165) is 30.6 Å². The van der Waals surface area contributed by atoms with Crippen LogP contribution in [0.25, 0.3) is 16.7 Å². The second-order valence-corrected chi connectivity index (χ2v) is 8.50. The third-order valence-electron chi connectivity index (χ3n) is 5.84. The SMILES string of the molecule is COc1cc(Cn2c(=O)n3ncnc3c3cc(CN4C[C@@H](C)O[C@@H](C)C4)cnc32)ccc1F. The van der Waals surface area contributed by atoms with Gasteiger partial charge in [-0.1, -0.05) is 6.07 Å². The van der Waals surface area contributed by atoms with Crippen molar-refractivity contribution >= 4 is 16.7 Å². The van der Waals surface area contributed by atoms with E-state index in [2.05, 4.69) is 33.8 Å². The minimum absolute atomic E-state index is 0.121. The fourth-order valence-corrected chi connectivity index (χ4v) is 4.54. The molecular weight excluding hydrogens is 427 g/mol. The van der Waals surface area contributed by atoms with Gasteiger partial charge >= 0.3 is 5.69 Å². The average molecular weight is 452 g/mol. The van der Waals surface area contributed by atoms with Gasteiger partial charge in [-0.2, -0.15) is 9.61 Å². The number of hydrogen-bond acceptors (Lipinski definition) is 7. The molecule has 5 rings (SSSR count). The van der Waals surface area contributed by atoms with Crippen molar-refractivity contribution in [2.45, 2.75) is 39.1 Å². The number of hydrogen-bond donors (Lipinski definition) is 0. The van der Waals surface area contributed by atoms with Crippen LogP contribution in [-0.4, -0.2) is 61.5 Å². The molecule has 1 aliphatic heterocycles. The maximum atomic E-state index is 13.9. The zero-order chi connectivity index (χ0) is 23.1. The summed E-state index contributed by atoms with van der Waals surface area (Å²) in [5, 5.41) is 4.85. The van der Waals surface area contributed by atoms with Gasteiger partial charge in [-0.15, -0.1) is 0 Å². The lowest BCUT2D eigenvalue weighted by Gasteiger charge is -2.35. The predicted octanol–water partition coefficient (Wildman–Crippen LogP) is 2.24. The summed E-state index contributed by atoms with van der Waals surface area (Å²) in [4.78, 5) is 24.4. The van der Waals surface area contributed by atoms with E-state index in [1.807, 2.05) is 6.07 Å².